The van der Waals surface area contributed by atoms with Crippen molar-refractivity contribution in [1.82, 2.24) is 0 Å². The summed E-state index contributed by atoms with van der Waals surface area (Å²) in [7, 11) is -3.82. The van der Waals surface area contributed by atoms with Gasteiger partial charge in [-0.3, -0.25) is 0 Å². The molecule has 3 aliphatic carbocycles. The molecular weight excluding hydrogens is 589 g/mol. The first-order valence-corrected chi connectivity index (χ1v) is 23.7. The first-order chi connectivity index (χ1) is 20.6. The highest BCUT2D eigenvalue weighted by Gasteiger charge is 2.52. The molecule has 3 aliphatic rings. The summed E-state index contributed by atoms with van der Waals surface area (Å²) in [5.74, 6) is 2.17. The monoisotopic (exact) mass is 654 g/mol. The third kappa shape index (κ3) is 8.27. The maximum atomic E-state index is 13.6. The van der Waals surface area contributed by atoms with Gasteiger partial charge in [-0.05, 0) is 97.1 Å². The molecule has 0 spiro atoms. The predicted molar refractivity (Wildman–Crippen MR) is 193 cm³/mol. The second-order valence-corrected chi connectivity index (χ2v) is 28.2. The fourth-order valence-corrected chi connectivity index (χ4v) is 10.2. The molecule has 7 atom stereocenters. The van der Waals surface area contributed by atoms with E-state index in [2.05, 4.69) is 119 Å². The van der Waals surface area contributed by atoms with Crippen LogP contribution in [-0.4, -0.2) is 41.4 Å². The molecule has 6 heteroatoms. The van der Waals surface area contributed by atoms with Gasteiger partial charge in [-0.25, -0.2) is 4.79 Å². The van der Waals surface area contributed by atoms with Gasteiger partial charge in [0.05, 0.1) is 6.10 Å². The zero-order valence-corrected chi connectivity index (χ0v) is 33.1. The number of carbonyl (C=O) groups excluding carboxylic acids is 1. The fraction of sp³-hybridized carbons (Fsp3) is 0.769. The molecule has 0 aliphatic heterocycles. The Labute approximate surface area is 278 Å². The van der Waals surface area contributed by atoms with Crippen molar-refractivity contribution in [2.24, 2.45) is 29.6 Å². The molecule has 0 bridgehead atoms. The van der Waals surface area contributed by atoms with Crippen LogP contribution in [0.3, 0.4) is 0 Å². The van der Waals surface area contributed by atoms with Crippen LogP contribution in [0.2, 0.25) is 36.3 Å². The Bertz CT molecular complexity index is 1190. The van der Waals surface area contributed by atoms with Crippen molar-refractivity contribution < 1.29 is 18.4 Å². The first-order valence-electron chi connectivity index (χ1n) is 17.9. The van der Waals surface area contributed by atoms with E-state index in [9.17, 15) is 4.79 Å². The van der Waals surface area contributed by atoms with E-state index < -0.39 is 16.6 Å². The summed E-state index contributed by atoms with van der Waals surface area (Å²) in [6.45, 7) is 31.2. The Morgan fingerprint density at radius 2 is 1.47 bits per heavy atom. The zero-order valence-electron chi connectivity index (χ0n) is 31.1. The summed E-state index contributed by atoms with van der Waals surface area (Å²) in [4.78, 5) is 13.6. The van der Waals surface area contributed by atoms with Gasteiger partial charge in [-0.15, -0.1) is 0 Å². The smallest absolute Gasteiger partial charge is 0.330 e. The third-order valence-corrected chi connectivity index (χ3v) is 22.0. The van der Waals surface area contributed by atoms with E-state index in [0.717, 1.165) is 38.7 Å². The Morgan fingerprint density at radius 3 is 2.07 bits per heavy atom. The summed E-state index contributed by atoms with van der Waals surface area (Å²) >= 11 is 0. The van der Waals surface area contributed by atoms with Crippen molar-refractivity contribution in [3.63, 3.8) is 0 Å². The molecule has 0 saturated heterocycles. The SMILES string of the molecule is CC1CCC(C(C)(C)c2ccccc2)C(OC(=O)/C=C2/C[C@H]3C[C@@H](O[Si](C)(C)C(C)(C)C)[C@@H](CO[Si](C)(C)C(C)(C)C)[C@H]3C2)C1. The highest BCUT2D eigenvalue weighted by atomic mass is 28.4. The maximum absolute atomic E-state index is 13.6. The highest BCUT2D eigenvalue weighted by molar-refractivity contribution is 6.74. The van der Waals surface area contributed by atoms with E-state index in [1.165, 1.54) is 17.6 Å². The minimum absolute atomic E-state index is 0.0534. The molecule has 1 aromatic carbocycles. The molecule has 4 nitrogen and oxygen atoms in total. The number of hydrogen-bond donors (Lipinski definition) is 0. The lowest BCUT2D eigenvalue weighted by atomic mass is 9.64. The number of esters is 1. The van der Waals surface area contributed by atoms with Gasteiger partial charge in [0, 0.05) is 24.5 Å². The predicted octanol–water partition coefficient (Wildman–Crippen LogP) is 10.7. The van der Waals surface area contributed by atoms with E-state index >= 15 is 0 Å². The van der Waals surface area contributed by atoms with Crippen LogP contribution in [0.4, 0.5) is 0 Å². The van der Waals surface area contributed by atoms with E-state index in [1.54, 1.807) is 0 Å². The molecule has 3 saturated carbocycles. The van der Waals surface area contributed by atoms with Gasteiger partial charge in [0.2, 0.25) is 0 Å². The number of hydrogen-bond acceptors (Lipinski definition) is 4. The van der Waals surface area contributed by atoms with Crippen molar-refractivity contribution in [3.8, 4) is 0 Å². The summed E-state index contributed by atoms with van der Waals surface area (Å²) in [6, 6.07) is 10.8. The van der Waals surface area contributed by atoms with Crippen molar-refractivity contribution in [2.75, 3.05) is 6.61 Å². The molecule has 254 valence electrons. The second-order valence-electron chi connectivity index (χ2n) is 18.6. The highest BCUT2D eigenvalue weighted by Crippen LogP contribution is 2.53. The fourth-order valence-electron chi connectivity index (χ4n) is 7.83. The zero-order chi connectivity index (χ0) is 33.6. The van der Waals surface area contributed by atoms with Crippen LogP contribution >= 0.6 is 0 Å². The molecule has 0 N–H and O–H groups in total. The average Bonchev–Trinajstić information content (AvgIpc) is 3.42. The minimum Gasteiger partial charge on any atom is -0.459 e. The summed E-state index contributed by atoms with van der Waals surface area (Å²) in [5, 5.41) is 0.350. The number of allylic oxidation sites excluding steroid dienone is 1. The van der Waals surface area contributed by atoms with Crippen molar-refractivity contribution in [1.29, 1.82) is 0 Å². The van der Waals surface area contributed by atoms with Crippen molar-refractivity contribution in [2.45, 2.75) is 155 Å². The molecule has 0 amide bonds. The number of fused-ring (bicyclic) bond motifs is 1. The minimum atomic E-state index is -1.92. The molecule has 0 radical (unpaired) electrons. The lowest BCUT2D eigenvalue weighted by Crippen LogP contribution is -2.47. The quantitative estimate of drug-likeness (QED) is 0.151. The normalized spacial score (nSPS) is 30.9. The van der Waals surface area contributed by atoms with Gasteiger partial charge in [0.25, 0.3) is 0 Å². The maximum Gasteiger partial charge on any atom is 0.330 e. The largest absolute Gasteiger partial charge is 0.459 e. The Hall–Kier alpha value is -1.22. The topological polar surface area (TPSA) is 44.8 Å². The Kier molecular flexibility index (Phi) is 10.9. The lowest BCUT2D eigenvalue weighted by molar-refractivity contribution is -0.150. The van der Waals surface area contributed by atoms with Gasteiger partial charge in [-0.2, -0.15) is 0 Å². The average molecular weight is 655 g/mol. The van der Waals surface area contributed by atoms with Crippen LogP contribution in [0.1, 0.15) is 106 Å². The van der Waals surface area contributed by atoms with Crippen LogP contribution in [0.5, 0.6) is 0 Å². The van der Waals surface area contributed by atoms with Gasteiger partial charge < -0.3 is 13.6 Å². The number of rotatable bonds is 9. The summed E-state index contributed by atoms with van der Waals surface area (Å²) < 4.78 is 20.4. The molecule has 3 unspecified atom stereocenters. The number of benzene rings is 1. The van der Waals surface area contributed by atoms with Crippen LogP contribution in [-0.2, 0) is 23.8 Å². The Morgan fingerprint density at radius 1 is 0.844 bits per heavy atom. The summed E-state index contributed by atoms with van der Waals surface area (Å²) in [6.07, 6.45) is 8.30. The van der Waals surface area contributed by atoms with Gasteiger partial charge >= 0.3 is 5.97 Å². The van der Waals surface area contributed by atoms with Crippen LogP contribution in [0.15, 0.2) is 42.0 Å². The van der Waals surface area contributed by atoms with E-state index in [1.807, 2.05) is 6.08 Å². The number of carbonyl (C=O) groups is 1. The molecular formula is C39H66O4Si2. The van der Waals surface area contributed by atoms with Gasteiger partial charge in [-0.1, -0.05) is 105 Å². The molecule has 1 aromatic rings. The van der Waals surface area contributed by atoms with Crippen LogP contribution in [0.25, 0.3) is 0 Å². The molecule has 3 fully saturated rings. The van der Waals surface area contributed by atoms with E-state index in [4.69, 9.17) is 13.6 Å². The molecule has 0 heterocycles. The lowest BCUT2D eigenvalue weighted by Gasteiger charge is -2.43. The van der Waals surface area contributed by atoms with Crippen molar-refractivity contribution >= 4 is 22.6 Å². The van der Waals surface area contributed by atoms with Gasteiger partial charge in [0.15, 0.2) is 16.6 Å². The standard InChI is InChI=1S/C39H66O4Si2/c1-27-19-20-33(39(8,9)30-17-15-14-16-18-30)35(21-27)42-36(40)24-28-22-29-25-34(43-45(12,13)38(5,6)7)32(31(29)23-28)26-41-44(10,11)37(2,3)4/h14-18,24,27,29,31-35H,19-23,25-26H2,1-13H3/b28-24-/t27?,29-,31-,32-,33?,34+,35?/m0/s1. The first kappa shape index (κ1) is 36.6. The molecule has 45 heavy (non-hydrogen) atoms. The van der Waals surface area contributed by atoms with Gasteiger partial charge in [0.1, 0.15) is 6.10 Å². The Balaban J connectivity index is 1.49. The van der Waals surface area contributed by atoms with Crippen LogP contribution in [0, 0.1) is 29.6 Å². The number of ether oxygens (including phenoxy) is 1. The summed E-state index contributed by atoms with van der Waals surface area (Å²) in [5.41, 5.74) is 2.54. The third-order valence-electron chi connectivity index (χ3n) is 13.0. The van der Waals surface area contributed by atoms with E-state index in [0.29, 0.717) is 29.6 Å². The molecule has 0 aromatic heterocycles. The van der Waals surface area contributed by atoms with Crippen LogP contribution < -0.4 is 0 Å². The second kappa shape index (κ2) is 13.4. The van der Waals surface area contributed by atoms with E-state index in [-0.39, 0.29) is 33.7 Å². The molecule has 4 rings (SSSR count). The van der Waals surface area contributed by atoms with Crippen molar-refractivity contribution in [3.05, 3.63) is 47.5 Å².